The van der Waals surface area contributed by atoms with Gasteiger partial charge in [-0.25, -0.2) is 4.98 Å². The van der Waals surface area contributed by atoms with Crippen LogP contribution in [0.1, 0.15) is 10.4 Å². The minimum absolute atomic E-state index is 0.263. The number of ether oxygens (including phenoxy) is 1. The van der Waals surface area contributed by atoms with Gasteiger partial charge in [-0.3, -0.25) is 4.79 Å². The summed E-state index contributed by atoms with van der Waals surface area (Å²) in [5, 5.41) is 3.30. The third-order valence-electron chi connectivity index (χ3n) is 3.95. The molecule has 1 amide bonds. The Labute approximate surface area is 159 Å². The number of halogens is 1. The van der Waals surface area contributed by atoms with E-state index in [-0.39, 0.29) is 5.91 Å². The molecule has 4 aromatic rings. The minimum atomic E-state index is -0.263. The largest absolute Gasteiger partial charge is 0.497 e. The second-order valence-electron chi connectivity index (χ2n) is 5.72. The fraction of sp³-hybridized carbons (Fsp3) is 0.0500. The Morgan fingerprint density at radius 3 is 2.85 bits per heavy atom. The highest BCUT2D eigenvalue weighted by atomic mass is 35.5. The lowest BCUT2D eigenvalue weighted by Gasteiger charge is -2.08. The molecule has 4 rings (SSSR count). The van der Waals surface area contributed by atoms with E-state index in [2.05, 4.69) is 15.3 Å². The normalized spacial score (nSPS) is 10.7. The van der Waals surface area contributed by atoms with Crippen molar-refractivity contribution in [1.29, 1.82) is 0 Å². The van der Waals surface area contributed by atoms with Crippen molar-refractivity contribution >= 4 is 34.4 Å². The molecule has 134 valence electrons. The Morgan fingerprint density at radius 2 is 2.04 bits per heavy atom. The molecule has 0 fully saturated rings. The van der Waals surface area contributed by atoms with Gasteiger partial charge in [0.25, 0.3) is 5.91 Å². The van der Waals surface area contributed by atoms with Gasteiger partial charge in [-0.05, 0) is 48.5 Å². The van der Waals surface area contributed by atoms with Crippen LogP contribution in [0.3, 0.4) is 0 Å². The molecule has 0 saturated heterocycles. The van der Waals surface area contributed by atoms with Crippen LogP contribution in [0, 0.1) is 0 Å². The van der Waals surface area contributed by atoms with Crippen molar-refractivity contribution in [2.45, 2.75) is 0 Å². The number of amides is 1. The van der Waals surface area contributed by atoms with Crippen LogP contribution in [0.2, 0.25) is 5.02 Å². The number of benzene rings is 2. The minimum Gasteiger partial charge on any atom is -0.497 e. The van der Waals surface area contributed by atoms with Gasteiger partial charge in [0.15, 0.2) is 11.2 Å². The summed E-state index contributed by atoms with van der Waals surface area (Å²) in [4.78, 5) is 21.0. The van der Waals surface area contributed by atoms with E-state index in [9.17, 15) is 4.79 Å². The molecule has 0 saturated carbocycles. The molecule has 0 aliphatic rings. The van der Waals surface area contributed by atoms with Crippen molar-refractivity contribution in [3.05, 3.63) is 71.4 Å². The van der Waals surface area contributed by atoms with Crippen molar-refractivity contribution in [1.82, 2.24) is 9.97 Å². The predicted octanol–water partition coefficient (Wildman–Crippen LogP) is 4.80. The first-order valence-electron chi connectivity index (χ1n) is 8.11. The van der Waals surface area contributed by atoms with Gasteiger partial charge in [0.1, 0.15) is 5.75 Å². The van der Waals surface area contributed by atoms with E-state index in [1.165, 1.54) is 0 Å². The Bertz CT molecular complexity index is 1110. The number of methoxy groups -OCH3 is 1. The number of aromatic nitrogens is 2. The van der Waals surface area contributed by atoms with E-state index < -0.39 is 0 Å². The number of anilines is 1. The molecular formula is C20H14ClN3O3. The summed E-state index contributed by atoms with van der Waals surface area (Å²) in [6, 6.07) is 15.6. The highest BCUT2D eigenvalue weighted by molar-refractivity contribution is 6.33. The molecule has 2 aromatic carbocycles. The van der Waals surface area contributed by atoms with Crippen LogP contribution < -0.4 is 10.1 Å². The van der Waals surface area contributed by atoms with Crippen molar-refractivity contribution in [2.24, 2.45) is 0 Å². The number of rotatable bonds is 4. The molecular weight excluding hydrogens is 366 g/mol. The molecule has 0 spiro atoms. The van der Waals surface area contributed by atoms with E-state index >= 15 is 0 Å². The van der Waals surface area contributed by atoms with Crippen LogP contribution in [-0.2, 0) is 0 Å². The predicted molar refractivity (Wildman–Crippen MR) is 103 cm³/mol. The standard InChI is InChI=1S/C20H14ClN3O3/c1-26-14-5-2-4-12(10-14)19(25)23-13-7-8-16(21)15(11-13)20-24-18-17(27-20)6-3-9-22-18/h2-11H,1H3,(H,23,25). The van der Waals surface area contributed by atoms with Crippen molar-refractivity contribution in [3.63, 3.8) is 0 Å². The molecule has 7 heteroatoms. The lowest BCUT2D eigenvalue weighted by molar-refractivity contribution is 0.102. The average molecular weight is 380 g/mol. The first kappa shape index (κ1) is 17.1. The molecule has 0 bridgehead atoms. The van der Waals surface area contributed by atoms with Crippen LogP contribution in [-0.4, -0.2) is 23.0 Å². The highest BCUT2D eigenvalue weighted by Crippen LogP contribution is 2.32. The van der Waals surface area contributed by atoms with Crippen LogP contribution >= 0.6 is 11.6 Å². The SMILES string of the molecule is COc1cccc(C(=O)Nc2ccc(Cl)c(-c3nc4ncccc4o3)c2)c1. The smallest absolute Gasteiger partial charge is 0.255 e. The second kappa shape index (κ2) is 7.09. The van der Waals surface area contributed by atoms with E-state index in [0.29, 0.717) is 44.7 Å². The third kappa shape index (κ3) is 3.47. The van der Waals surface area contributed by atoms with Crippen LogP contribution in [0.4, 0.5) is 5.69 Å². The number of fused-ring (bicyclic) bond motifs is 1. The fourth-order valence-electron chi connectivity index (χ4n) is 2.62. The van der Waals surface area contributed by atoms with Crippen LogP contribution in [0.25, 0.3) is 22.7 Å². The second-order valence-corrected chi connectivity index (χ2v) is 6.13. The quantitative estimate of drug-likeness (QED) is 0.551. The zero-order valence-electron chi connectivity index (χ0n) is 14.3. The summed E-state index contributed by atoms with van der Waals surface area (Å²) in [6.07, 6.45) is 1.64. The Morgan fingerprint density at radius 1 is 1.15 bits per heavy atom. The zero-order valence-corrected chi connectivity index (χ0v) is 15.0. The average Bonchev–Trinajstić information content (AvgIpc) is 3.13. The molecule has 0 unspecified atom stereocenters. The number of oxazole rings is 1. The van der Waals surface area contributed by atoms with Gasteiger partial charge in [0.05, 0.1) is 17.7 Å². The van der Waals surface area contributed by atoms with E-state index in [4.69, 9.17) is 20.8 Å². The molecule has 0 radical (unpaired) electrons. The van der Waals surface area contributed by atoms with E-state index in [1.807, 2.05) is 0 Å². The Balaban J connectivity index is 1.64. The number of carbonyl (C=O) groups is 1. The lowest BCUT2D eigenvalue weighted by atomic mass is 10.1. The van der Waals surface area contributed by atoms with Gasteiger partial charge in [0, 0.05) is 17.4 Å². The van der Waals surface area contributed by atoms with Gasteiger partial charge < -0.3 is 14.5 Å². The van der Waals surface area contributed by atoms with E-state index in [1.54, 1.807) is 67.9 Å². The molecule has 0 aliphatic carbocycles. The summed E-state index contributed by atoms with van der Waals surface area (Å²) >= 11 is 6.30. The molecule has 0 aliphatic heterocycles. The zero-order chi connectivity index (χ0) is 18.8. The summed E-state index contributed by atoms with van der Waals surface area (Å²) < 4.78 is 10.9. The summed E-state index contributed by atoms with van der Waals surface area (Å²) in [5.41, 5.74) is 2.68. The summed E-state index contributed by atoms with van der Waals surface area (Å²) in [6.45, 7) is 0. The third-order valence-corrected chi connectivity index (χ3v) is 4.28. The number of nitrogens with zero attached hydrogens (tertiary/aromatic N) is 2. The maximum absolute atomic E-state index is 12.5. The topological polar surface area (TPSA) is 77.2 Å². The molecule has 0 atom stereocenters. The van der Waals surface area contributed by atoms with Gasteiger partial charge in [-0.1, -0.05) is 17.7 Å². The van der Waals surface area contributed by atoms with E-state index in [0.717, 1.165) is 0 Å². The van der Waals surface area contributed by atoms with Crippen LogP contribution in [0.5, 0.6) is 5.75 Å². The number of nitrogens with one attached hydrogen (secondary N) is 1. The van der Waals surface area contributed by atoms with Gasteiger partial charge >= 0.3 is 0 Å². The number of hydrogen-bond acceptors (Lipinski definition) is 5. The monoisotopic (exact) mass is 379 g/mol. The lowest BCUT2D eigenvalue weighted by Crippen LogP contribution is -2.12. The number of pyridine rings is 1. The molecule has 27 heavy (non-hydrogen) atoms. The summed E-state index contributed by atoms with van der Waals surface area (Å²) in [7, 11) is 1.55. The first-order valence-corrected chi connectivity index (χ1v) is 8.49. The Hall–Kier alpha value is -3.38. The molecule has 2 aromatic heterocycles. The Kier molecular flexibility index (Phi) is 4.48. The number of hydrogen-bond donors (Lipinski definition) is 1. The molecule has 2 heterocycles. The summed E-state index contributed by atoms with van der Waals surface area (Å²) in [5.74, 6) is 0.686. The van der Waals surface area contributed by atoms with Gasteiger partial charge in [-0.15, -0.1) is 0 Å². The van der Waals surface area contributed by atoms with Gasteiger partial charge in [-0.2, -0.15) is 4.98 Å². The molecule has 1 N–H and O–H groups in total. The van der Waals surface area contributed by atoms with Crippen molar-refractivity contribution < 1.29 is 13.9 Å². The van der Waals surface area contributed by atoms with Crippen LogP contribution in [0.15, 0.2) is 65.2 Å². The first-order chi connectivity index (χ1) is 13.1. The maximum atomic E-state index is 12.5. The highest BCUT2D eigenvalue weighted by Gasteiger charge is 2.14. The maximum Gasteiger partial charge on any atom is 0.255 e. The van der Waals surface area contributed by atoms with Crippen molar-refractivity contribution in [3.8, 4) is 17.2 Å². The fourth-order valence-corrected chi connectivity index (χ4v) is 2.82. The van der Waals surface area contributed by atoms with Gasteiger partial charge in [0.2, 0.25) is 5.89 Å². The molecule has 6 nitrogen and oxygen atoms in total. The number of carbonyl (C=O) groups excluding carboxylic acids is 1. The van der Waals surface area contributed by atoms with Crippen molar-refractivity contribution in [2.75, 3.05) is 12.4 Å².